The van der Waals surface area contributed by atoms with Crippen molar-refractivity contribution in [3.05, 3.63) is 0 Å². The standard InChI is InChI=1S/C12H24N2O2/c1-9-7-10(5-6-16-9)14-11(15)8-13-12(2,3)4/h9-10,13H,5-8H2,1-4H3,(H,14,15). The lowest BCUT2D eigenvalue weighted by Gasteiger charge is -2.28. The van der Waals surface area contributed by atoms with E-state index >= 15 is 0 Å². The van der Waals surface area contributed by atoms with E-state index in [-0.39, 0.29) is 23.6 Å². The third-order valence-corrected chi connectivity index (χ3v) is 2.63. The second kappa shape index (κ2) is 5.64. The molecule has 1 rings (SSSR count). The van der Waals surface area contributed by atoms with Crippen molar-refractivity contribution >= 4 is 5.91 Å². The third-order valence-electron chi connectivity index (χ3n) is 2.63. The summed E-state index contributed by atoms with van der Waals surface area (Å²) in [7, 11) is 0. The number of amides is 1. The molecule has 2 N–H and O–H groups in total. The van der Waals surface area contributed by atoms with Crippen LogP contribution < -0.4 is 10.6 Å². The van der Waals surface area contributed by atoms with Crippen LogP contribution in [0.4, 0.5) is 0 Å². The molecule has 0 bridgehead atoms. The van der Waals surface area contributed by atoms with Crippen LogP contribution in [0.5, 0.6) is 0 Å². The first kappa shape index (κ1) is 13.5. The highest BCUT2D eigenvalue weighted by molar-refractivity contribution is 5.78. The van der Waals surface area contributed by atoms with Crippen LogP contribution in [-0.2, 0) is 9.53 Å². The van der Waals surface area contributed by atoms with E-state index in [4.69, 9.17) is 4.74 Å². The summed E-state index contributed by atoms with van der Waals surface area (Å²) in [5.41, 5.74) is -0.0136. The van der Waals surface area contributed by atoms with E-state index in [1.165, 1.54) is 0 Å². The Bertz CT molecular complexity index is 236. The number of carbonyl (C=O) groups is 1. The van der Waals surface area contributed by atoms with Crippen molar-refractivity contribution in [3.8, 4) is 0 Å². The Morgan fingerprint density at radius 2 is 2.12 bits per heavy atom. The number of hydrogen-bond donors (Lipinski definition) is 2. The highest BCUT2D eigenvalue weighted by Gasteiger charge is 2.21. The van der Waals surface area contributed by atoms with Gasteiger partial charge in [-0.15, -0.1) is 0 Å². The minimum atomic E-state index is -0.0136. The minimum absolute atomic E-state index is 0.0136. The number of rotatable bonds is 3. The molecule has 0 aromatic rings. The molecule has 0 saturated carbocycles. The van der Waals surface area contributed by atoms with E-state index in [0.29, 0.717) is 6.54 Å². The first-order valence-electron chi connectivity index (χ1n) is 6.03. The number of carbonyl (C=O) groups excluding carboxylic acids is 1. The van der Waals surface area contributed by atoms with Crippen LogP contribution >= 0.6 is 0 Å². The summed E-state index contributed by atoms with van der Waals surface area (Å²) in [4.78, 5) is 11.7. The molecule has 1 saturated heterocycles. The Balaban J connectivity index is 2.23. The molecule has 4 nitrogen and oxygen atoms in total. The molecule has 1 fully saturated rings. The van der Waals surface area contributed by atoms with Crippen molar-refractivity contribution in [2.45, 2.75) is 58.2 Å². The molecular formula is C12H24N2O2. The van der Waals surface area contributed by atoms with Crippen LogP contribution in [0, 0.1) is 0 Å². The third kappa shape index (κ3) is 5.47. The molecule has 0 aromatic heterocycles. The van der Waals surface area contributed by atoms with E-state index in [1.54, 1.807) is 0 Å². The Kier molecular flexibility index (Phi) is 4.74. The fourth-order valence-electron chi connectivity index (χ4n) is 1.75. The van der Waals surface area contributed by atoms with Gasteiger partial charge in [-0.3, -0.25) is 4.79 Å². The van der Waals surface area contributed by atoms with Crippen molar-refractivity contribution < 1.29 is 9.53 Å². The summed E-state index contributed by atoms with van der Waals surface area (Å²) in [6, 6.07) is 0.276. The molecule has 0 aromatic carbocycles. The van der Waals surface area contributed by atoms with Gasteiger partial charge in [0.1, 0.15) is 0 Å². The van der Waals surface area contributed by atoms with E-state index < -0.39 is 0 Å². The van der Waals surface area contributed by atoms with Gasteiger partial charge in [0.2, 0.25) is 5.91 Å². The molecule has 0 spiro atoms. The highest BCUT2D eigenvalue weighted by atomic mass is 16.5. The molecule has 4 heteroatoms. The molecule has 1 aliphatic heterocycles. The largest absolute Gasteiger partial charge is 0.378 e. The van der Waals surface area contributed by atoms with Crippen LogP contribution in [0.1, 0.15) is 40.5 Å². The summed E-state index contributed by atoms with van der Waals surface area (Å²) in [5.74, 6) is 0.0778. The van der Waals surface area contributed by atoms with Gasteiger partial charge >= 0.3 is 0 Å². The molecule has 0 aliphatic carbocycles. The average Bonchev–Trinajstić information content (AvgIpc) is 2.14. The molecule has 16 heavy (non-hydrogen) atoms. The van der Waals surface area contributed by atoms with Crippen molar-refractivity contribution in [2.75, 3.05) is 13.2 Å². The van der Waals surface area contributed by atoms with Gasteiger partial charge < -0.3 is 15.4 Å². The second-order valence-corrected chi connectivity index (χ2v) is 5.57. The van der Waals surface area contributed by atoms with Crippen molar-refractivity contribution in [1.82, 2.24) is 10.6 Å². The smallest absolute Gasteiger partial charge is 0.234 e. The van der Waals surface area contributed by atoms with Crippen LogP contribution in [0.3, 0.4) is 0 Å². The lowest BCUT2D eigenvalue weighted by Crippen LogP contribution is -2.48. The summed E-state index contributed by atoms with van der Waals surface area (Å²) in [5, 5.41) is 6.22. The van der Waals surface area contributed by atoms with Gasteiger partial charge in [0, 0.05) is 18.2 Å². The van der Waals surface area contributed by atoms with E-state index in [0.717, 1.165) is 19.4 Å². The number of nitrogens with one attached hydrogen (secondary N) is 2. The van der Waals surface area contributed by atoms with Gasteiger partial charge in [-0.2, -0.15) is 0 Å². The van der Waals surface area contributed by atoms with Crippen LogP contribution in [0.25, 0.3) is 0 Å². The lowest BCUT2D eigenvalue weighted by molar-refractivity contribution is -0.122. The predicted octanol–water partition coefficient (Wildman–Crippen LogP) is 1.06. The zero-order valence-electron chi connectivity index (χ0n) is 10.8. The molecule has 1 heterocycles. The SMILES string of the molecule is CC1CC(NC(=O)CNC(C)(C)C)CCO1. The number of ether oxygens (including phenoxy) is 1. The van der Waals surface area contributed by atoms with Crippen LogP contribution in [0.15, 0.2) is 0 Å². The fourth-order valence-corrected chi connectivity index (χ4v) is 1.75. The summed E-state index contributed by atoms with van der Waals surface area (Å²) in [6.45, 7) is 9.34. The Morgan fingerprint density at radius 1 is 1.44 bits per heavy atom. The second-order valence-electron chi connectivity index (χ2n) is 5.57. The quantitative estimate of drug-likeness (QED) is 0.759. The van der Waals surface area contributed by atoms with Gasteiger partial charge in [-0.25, -0.2) is 0 Å². The first-order valence-corrected chi connectivity index (χ1v) is 6.03. The summed E-state index contributed by atoms with van der Waals surface area (Å²) < 4.78 is 5.44. The molecule has 2 atom stereocenters. The molecule has 1 aliphatic rings. The van der Waals surface area contributed by atoms with Gasteiger partial charge in [0.25, 0.3) is 0 Å². The van der Waals surface area contributed by atoms with Crippen molar-refractivity contribution in [1.29, 1.82) is 0 Å². The Hall–Kier alpha value is -0.610. The molecular weight excluding hydrogens is 204 g/mol. The first-order chi connectivity index (χ1) is 7.37. The van der Waals surface area contributed by atoms with E-state index in [9.17, 15) is 4.79 Å². The average molecular weight is 228 g/mol. The molecule has 1 amide bonds. The normalized spacial score (nSPS) is 26.5. The van der Waals surface area contributed by atoms with Gasteiger partial charge in [0.05, 0.1) is 12.6 Å². The van der Waals surface area contributed by atoms with Gasteiger partial charge in [-0.1, -0.05) is 0 Å². The van der Waals surface area contributed by atoms with Crippen molar-refractivity contribution in [2.24, 2.45) is 0 Å². The Morgan fingerprint density at radius 3 is 2.69 bits per heavy atom. The Labute approximate surface area is 98.1 Å². The molecule has 94 valence electrons. The maximum atomic E-state index is 11.7. The summed E-state index contributed by atoms with van der Waals surface area (Å²) in [6.07, 6.45) is 2.10. The van der Waals surface area contributed by atoms with Crippen LogP contribution in [-0.4, -0.2) is 36.7 Å². The van der Waals surface area contributed by atoms with Gasteiger partial charge in [0.15, 0.2) is 0 Å². The minimum Gasteiger partial charge on any atom is -0.378 e. The zero-order valence-corrected chi connectivity index (χ0v) is 10.8. The topological polar surface area (TPSA) is 50.4 Å². The monoisotopic (exact) mass is 228 g/mol. The molecule has 0 radical (unpaired) electrons. The lowest BCUT2D eigenvalue weighted by atomic mass is 10.0. The van der Waals surface area contributed by atoms with Crippen molar-refractivity contribution in [3.63, 3.8) is 0 Å². The fraction of sp³-hybridized carbons (Fsp3) is 0.917. The van der Waals surface area contributed by atoms with Gasteiger partial charge in [-0.05, 0) is 40.5 Å². The van der Waals surface area contributed by atoms with Crippen LogP contribution in [0.2, 0.25) is 0 Å². The van der Waals surface area contributed by atoms with E-state index in [2.05, 4.69) is 31.4 Å². The van der Waals surface area contributed by atoms with E-state index in [1.807, 2.05) is 6.92 Å². The maximum absolute atomic E-state index is 11.7. The maximum Gasteiger partial charge on any atom is 0.234 e. The zero-order chi connectivity index (χ0) is 12.2. The number of hydrogen-bond acceptors (Lipinski definition) is 3. The highest BCUT2D eigenvalue weighted by Crippen LogP contribution is 2.12. The summed E-state index contributed by atoms with van der Waals surface area (Å²) >= 11 is 0. The predicted molar refractivity (Wildman–Crippen MR) is 64.3 cm³/mol. The molecule has 2 unspecified atom stereocenters.